The highest BCUT2D eigenvalue weighted by molar-refractivity contribution is 7.84. The number of rotatable bonds is 3. The maximum Gasteiger partial charge on any atom is 0.115 e. The molecule has 1 aromatic carbocycles. The first-order valence-electron chi connectivity index (χ1n) is 5.11. The number of thiazole rings is 1. The number of hydrogen-bond acceptors (Lipinski definition) is 4. The molecule has 0 fully saturated rings. The van der Waals surface area contributed by atoms with Crippen LogP contribution in [0.1, 0.15) is 21.6 Å². The Morgan fingerprint density at radius 2 is 2.00 bits per heavy atom. The molecule has 90 valence electrons. The van der Waals surface area contributed by atoms with E-state index in [1.807, 2.05) is 6.92 Å². The first kappa shape index (κ1) is 12.4. The molecule has 2 atom stereocenters. The Labute approximate surface area is 107 Å². The quantitative estimate of drug-likeness (QED) is 0.928. The molecule has 1 heterocycles. The Kier molecular flexibility index (Phi) is 3.71. The van der Waals surface area contributed by atoms with Gasteiger partial charge in [0.2, 0.25) is 0 Å². The van der Waals surface area contributed by atoms with Crippen LogP contribution in [0.5, 0.6) is 0 Å². The van der Waals surface area contributed by atoms with Crippen LogP contribution in [-0.2, 0) is 10.8 Å². The largest absolute Gasteiger partial charge is 0.383 e. The highest BCUT2D eigenvalue weighted by Gasteiger charge is 2.13. The smallest absolute Gasteiger partial charge is 0.115 e. The van der Waals surface area contributed by atoms with E-state index in [0.717, 1.165) is 20.3 Å². The van der Waals surface area contributed by atoms with E-state index in [4.69, 9.17) is 0 Å². The number of nitrogens with zero attached hydrogens (tertiary/aromatic N) is 1. The van der Waals surface area contributed by atoms with E-state index in [9.17, 15) is 9.32 Å². The molecule has 1 aromatic heterocycles. The van der Waals surface area contributed by atoms with Crippen LogP contribution >= 0.6 is 11.3 Å². The predicted molar refractivity (Wildman–Crippen MR) is 69.7 cm³/mol. The second kappa shape index (κ2) is 5.08. The number of aromatic nitrogens is 1. The minimum atomic E-state index is -0.982. The summed E-state index contributed by atoms with van der Waals surface area (Å²) in [7, 11) is -0.982. The van der Waals surface area contributed by atoms with Crippen LogP contribution in [0, 0.1) is 6.92 Å². The van der Waals surface area contributed by atoms with E-state index in [1.165, 1.54) is 11.3 Å². The van der Waals surface area contributed by atoms with Gasteiger partial charge < -0.3 is 5.11 Å². The normalized spacial score (nSPS) is 14.5. The van der Waals surface area contributed by atoms with Crippen molar-refractivity contribution in [2.75, 3.05) is 6.26 Å². The SMILES string of the molecule is Cc1ncc(C(O)c2ccc(S(C)=O)cc2)s1. The summed E-state index contributed by atoms with van der Waals surface area (Å²) in [6.45, 7) is 1.91. The molecule has 0 spiro atoms. The van der Waals surface area contributed by atoms with E-state index in [1.54, 1.807) is 36.7 Å². The van der Waals surface area contributed by atoms with E-state index in [0.29, 0.717) is 0 Å². The number of aryl methyl sites for hydroxylation is 1. The highest BCUT2D eigenvalue weighted by atomic mass is 32.2. The lowest BCUT2D eigenvalue weighted by molar-refractivity contribution is 0.224. The molecule has 17 heavy (non-hydrogen) atoms. The van der Waals surface area contributed by atoms with Crippen molar-refractivity contribution in [2.45, 2.75) is 17.9 Å². The van der Waals surface area contributed by atoms with Gasteiger partial charge in [0.05, 0.1) is 9.88 Å². The molecular weight excluding hydrogens is 254 g/mol. The molecule has 2 unspecified atom stereocenters. The van der Waals surface area contributed by atoms with Crippen LogP contribution < -0.4 is 0 Å². The summed E-state index contributed by atoms with van der Waals surface area (Å²) in [5.41, 5.74) is 0.794. The Bertz CT molecular complexity index is 534. The zero-order valence-corrected chi connectivity index (χ0v) is 11.2. The number of benzene rings is 1. The van der Waals surface area contributed by atoms with E-state index >= 15 is 0 Å². The third-order valence-electron chi connectivity index (χ3n) is 2.44. The van der Waals surface area contributed by atoms with Gasteiger partial charge in [-0.1, -0.05) is 12.1 Å². The number of aliphatic hydroxyl groups is 1. The minimum absolute atomic E-state index is 0.652. The summed E-state index contributed by atoms with van der Waals surface area (Å²) in [6, 6.07) is 7.16. The van der Waals surface area contributed by atoms with Crippen LogP contribution in [0.15, 0.2) is 35.4 Å². The minimum Gasteiger partial charge on any atom is -0.383 e. The second-order valence-corrected chi connectivity index (χ2v) is 6.35. The maximum atomic E-state index is 11.2. The Balaban J connectivity index is 2.25. The van der Waals surface area contributed by atoms with Crippen molar-refractivity contribution in [3.8, 4) is 0 Å². The zero-order chi connectivity index (χ0) is 12.4. The first-order chi connectivity index (χ1) is 8.08. The fraction of sp³-hybridized carbons (Fsp3) is 0.250. The van der Waals surface area contributed by atoms with Crippen LogP contribution in [0.25, 0.3) is 0 Å². The lowest BCUT2D eigenvalue weighted by Crippen LogP contribution is -1.97. The number of hydrogen-bond donors (Lipinski definition) is 1. The van der Waals surface area contributed by atoms with Crippen LogP contribution in [0.3, 0.4) is 0 Å². The summed E-state index contributed by atoms with van der Waals surface area (Å²) < 4.78 is 11.2. The molecule has 0 aliphatic heterocycles. The molecule has 0 aliphatic rings. The van der Waals surface area contributed by atoms with Gasteiger partial charge >= 0.3 is 0 Å². The van der Waals surface area contributed by atoms with Gasteiger partial charge in [-0.15, -0.1) is 11.3 Å². The summed E-state index contributed by atoms with van der Waals surface area (Å²) in [5, 5.41) is 11.1. The van der Waals surface area contributed by atoms with Gasteiger partial charge in [-0.25, -0.2) is 4.98 Å². The zero-order valence-electron chi connectivity index (χ0n) is 9.58. The lowest BCUT2D eigenvalue weighted by atomic mass is 10.1. The molecule has 3 nitrogen and oxygen atoms in total. The molecule has 0 saturated heterocycles. The fourth-order valence-electron chi connectivity index (χ4n) is 1.51. The third-order valence-corrected chi connectivity index (χ3v) is 4.34. The van der Waals surface area contributed by atoms with Crippen molar-refractivity contribution in [3.05, 3.63) is 45.9 Å². The highest BCUT2D eigenvalue weighted by Crippen LogP contribution is 2.26. The average Bonchev–Trinajstić information content (AvgIpc) is 2.75. The van der Waals surface area contributed by atoms with Crippen molar-refractivity contribution >= 4 is 22.1 Å². The monoisotopic (exact) mass is 267 g/mol. The lowest BCUT2D eigenvalue weighted by Gasteiger charge is -2.08. The van der Waals surface area contributed by atoms with Crippen molar-refractivity contribution < 1.29 is 9.32 Å². The van der Waals surface area contributed by atoms with Crippen LogP contribution in [0.4, 0.5) is 0 Å². The molecule has 0 aliphatic carbocycles. The van der Waals surface area contributed by atoms with Crippen molar-refractivity contribution in [2.24, 2.45) is 0 Å². The molecule has 0 amide bonds. The van der Waals surface area contributed by atoms with Crippen LogP contribution in [0.2, 0.25) is 0 Å². The van der Waals surface area contributed by atoms with Crippen molar-refractivity contribution in [1.29, 1.82) is 0 Å². The molecule has 2 rings (SSSR count). The Hall–Kier alpha value is -1.04. The average molecular weight is 267 g/mol. The molecule has 0 radical (unpaired) electrons. The Morgan fingerprint density at radius 3 is 2.47 bits per heavy atom. The summed E-state index contributed by atoms with van der Waals surface area (Å²) in [4.78, 5) is 5.71. The van der Waals surface area contributed by atoms with Gasteiger partial charge in [-0.3, -0.25) is 4.21 Å². The second-order valence-electron chi connectivity index (χ2n) is 3.71. The summed E-state index contributed by atoms with van der Waals surface area (Å²) in [6.07, 6.45) is 2.68. The van der Waals surface area contributed by atoms with Gasteiger partial charge in [-0.05, 0) is 24.6 Å². The van der Waals surface area contributed by atoms with Crippen molar-refractivity contribution in [3.63, 3.8) is 0 Å². The third kappa shape index (κ3) is 2.80. The fourth-order valence-corrected chi connectivity index (χ4v) is 2.83. The summed E-state index contributed by atoms with van der Waals surface area (Å²) in [5.74, 6) is 0. The summed E-state index contributed by atoms with van der Waals surface area (Å²) >= 11 is 1.48. The first-order valence-corrected chi connectivity index (χ1v) is 7.49. The van der Waals surface area contributed by atoms with E-state index in [-0.39, 0.29) is 0 Å². The van der Waals surface area contributed by atoms with Gasteiger partial charge in [-0.2, -0.15) is 0 Å². The van der Waals surface area contributed by atoms with Crippen molar-refractivity contribution in [1.82, 2.24) is 4.98 Å². The van der Waals surface area contributed by atoms with Gasteiger partial charge in [0.25, 0.3) is 0 Å². The Morgan fingerprint density at radius 1 is 1.35 bits per heavy atom. The maximum absolute atomic E-state index is 11.2. The van der Waals surface area contributed by atoms with Gasteiger partial charge in [0.1, 0.15) is 6.10 Å². The molecular formula is C12H13NO2S2. The molecule has 2 aromatic rings. The molecule has 0 bridgehead atoms. The molecule has 1 N–H and O–H groups in total. The predicted octanol–water partition coefficient (Wildman–Crippen LogP) is 2.27. The standard InChI is InChI=1S/C12H13NO2S2/c1-8-13-7-11(16-8)12(14)9-3-5-10(6-4-9)17(2)15/h3-7,12,14H,1-2H3. The number of aliphatic hydroxyl groups excluding tert-OH is 1. The van der Waals surface area contributed by atoms with E-state index < -0.39 is 16.9 Å². The molecule has 5 heteroatoms. The van der Waals surface area contributed by atoms with E-state index in [2.05, 4.69) is 4.98 Å². The van der Waals surface area contributed by atoms with Gasteiger partial charge in [0, 0.05) is 28.1 Å². The molecule has 0 saturated carbocycles. The topological polar surface area (TPSA) is 50.2 Å². The van der Waals surface area contributed by atoms with Gasteiger partial charge in [0.15, 0.2) is 0 Å². The van der Waals surface area contributed by atoms with Crippen LogP contribution in [-0.4, -0.2) is 20.6 Å².